The van der Waals surface area contributed by atoms with E-state index in [4.69, 9.17) is 5.73 Å². The van der Waals surface area contributed by atoms with Crippen molar-refractivity contribution in [2.45, 2.75) is 25.8 Å². The van der Waals surface area contributed by atoms with Crippen LogP contribution < -0.4 is 5.73 Å². The van der Waals surface area contributed by atoms with Crippen LogP contribution in [0.15, 0.2) is 23.3 Å². The van der Waals surface area contributed by atoms with Crippen LogP contribution in [0.2, 0.25) is 0 Å². The summed E-state index contributed by atoms with van der Waals surface area (Å²) >= 11 is 1.48. The molecule has 3 rings (SSSR count). The second-order valence-electron chi connectivity index (χ2n) is 5.86. The summed E-state index contributed by atoms with van der Waals surface area (Å²) in [7, 11) is 0. The molecule has 1 aliphatic rings. The summed E-state index contributed by atoms with van der Waals surface area (Å²) in [6.45, 7) is 3.69. The number of likely N-dealkylation sites (tertiary alicyclic amines) is 1. The van der Waals surface area contributed by atoms with Gasteiger partial charge >= 0.3 is 0 Å². The third-order valence-corrected chi connectivity index (χ3v) is 4.92. The first kappa shape index (κ1) is 17.3. The van der Waals surface area contributed by atoms with Crippen LogP contribution in [-0.4, -0.2) is 62.2 Å². The highest BCUT2D eigenvalue weighted by molar-refractivity contribution is 7.07. The minimum atomic E-state index is -0.134. The zero-order valence-electron chi connectivity index (χ0n) is 14.0. The van der Waals surface area contributed by atoms with E-state index >= 15 is 0 Å². The quantitative estimate of drug-likeness (QED) is 0.846. The molecule has 2 aromatic rings. The molecule has 9 heteroatoms. The molecular formula is C16H20N6O2S. The van der Waals surface area contributed by atoms with Crippen LogP contribution in [0.3, 0.4) is 0 Å². The van der Waals surface area contributed by atoms with Crippen LogP contribution in [0, 0.1) is 0 Å². The average molecular weight is 360 g/mol. The van der Waals surface area contributed by atoms with Gasteiger partial charge in [-0.15, -0.1) is 11.3 Å². The fraction of sp³-hybridized carbons (Fsp3) is 0.438. The Morgan fingerprint density at radius 2 is 2.12 bits per heavy atom. The van der Waals surface area contributed by atoms with Crippen LogP contribution in [0.25, 0.3) is 0 Å². The Labute approximate surface area is 149 Å². The lowest BCUT2D eigenvalue weighted by Crippen LogP contribution is -2.43. The first-order chi connectivity index (χ1) is 12.1. The molecule has 2 amide bonds. The lowest BCUT2D eigenvalue weighted by molar-refractivity contribution is -0.132. The van der Waals surface area contributed by atoms with Gasteiger partial charge in [0.05, 0.1) is 29.2 Å². The van der Waals surface area contributed by atoms with E-state index in [0.717, 1.165) is 12.1 Å². The Morgan fingerprint density at radius 1 is 1.36 bits per heavy atom. The fourth-order valence-electron chi connectivity index (χ4n) is 3.03. The van der Waals surface area contributed by atoms with Crippen LogP contribution in [0.5, 0.6) is 0 Å². The number of amides is 2. The number of carbonyl (C=O) groups excluding carboxylic acids is 2. The van der Waals surface area contributed by atoms with Crippen molar-refractivity contribution < 1.29 is 9.59 Å². The maximum Gasteiger partial charge on any atom is 0.257 e. The number of likely N-dealkylation sites (N-methyl/N-ethyl adjacent to an activating group) is 1. The number of hydrogen-bond acceptors (Lipinski definition) is 7. The molecule has 0 radical (unpaired) electrons. The summed E-state index contributed by atoms with van der Waals surface area (Å²) in [6, 6.07) is 0.0229. The van der Waals surface area contributed by atoms with E-state index in [-0.39, 0.29) is 23.8 Å². The van der Waals surface area contributed by atoms with Crippen molar-refractivity contribution in [2.75, 3.05) is 25.4 Å². The third kappa shape index (κ3) is 3.93. The standard InChI is InChI=1S/C16H20N6O2S/c1-2-22(14(23)5-12-9-25-10-20-12)13-3-4-21(8-13)15(24)11-6-18-16(17)19-7-11/h6-7,9-10,13H,2-5,8H2,1H3,(H2,17,18,19). The SMILES string of the molecule is CCN(C(=O)Cc1cscn1)C1CCN(C(=O)c2cnc(N)nc2)C1. The number of nitrogens with two attached hydrogens (primary N) is 1. The number of rotatable bonds is 5. The highest BCUT2D eigenvalue weighted by Gasteiger charge is 2.32. The number of hydrogen-bond donors (Lipinski definition) is 1. The lowest BCUT2D eigenvalue weighted by atomic mass is 10.2. The second kappa shape index (κ2) is 7.56. The van der Waals surface area contributed by atoms with Crippen molar-refractivity contribution in [3.05, 3.63) is 34.5 Å². The van der Waals surface area contributed by atoms with Gasteiger partial charge in [0.2, 0.25) is 11.9 Å². The predicted octanol–water partition coefficient (Wildman–Crippen LogP) is 0.821. The molecule has 25 heavy (non-hydrogen) atoms. The molecule has 0 spiro atoms. The molecule has 0 aliphatic carbocycles. The molecule has 132 valence electrons. The highest BCUT2D eigenvalue weighted by Crippen LogP contribution is 2.19. The molecule has 2 N–H and O–H groups in total. The van der Waals surface area contributed by atoms with Gasteiger partial charge < -0.3 is 15.5 Å². The van der Waals surface area contributed by atoms with Gasteiger partial charge in [0.1, 0.15) is 0 Å². The molecule has 1 fully saturated rings. The molecule has 0 aromatic carbocycles. The first-order valence-corrected chi connectivity index (χ1v) is 9.06. The predicted molar refractivity (Wildman–Crippen MR) is 94.0 cm³/mol. The maximum absolute atomic E-state index is 12.6. The normalized spacial score (nSPS) is 16.8. The molecular weight excluding hydrogens is 340 g/mol. The minimum absolute atomic E-state index is 0.0229. The number of anilines is 1. The smallest absolute Gasteiger partial charge is 0.257 e. The van der Waals surface area contributed by atoms with Crippen molar-refractivity contribution in [3.63, 3.8) is 0 Å². The van der Waals surface area contributed by atoms with Crippen molar-refractivity contribution in [1.82, 2.24) is 24.8 Å². The fourth-order valence-corrected chi connectivity index (χ4v) is 3.59. The Kier molecular flexibility index (Phi) is 5.22. The van der Waals surface area contributed by atoms with Crippen LogP contribution in [-0.2, 0) is 11.2 Å². The van der Waals surface area contributed by atoms with Crippen molar-refractivity contribution in [3.8, 4) is 0 Å². The Bertz CT molecular complexity index is 734. The van der Waals surface area contributed by atoms with E-state index in [0.29, 0.717) is 31.6 Å². The van der Waals surface area contributed by atoms with E-state index < -0.39 is 0 Å². The topological polar surface area (TPSA) is 105 Å². The summed E-state index contributed by atoms with van der Waals surface area (Å²) in [5.74, 6) is 0.0506. The maximum atomic E-state index is 12.6. The summed E-state index contributed by atoms with van der Waals surface area (Å²) in [4.78, 5) is 40.6. The summed E-state index contributed by atoms with van der Waals surface area (Å²) in [5, 5.41) is 1.89. The number of aromatic nitrogens is 3. The molecule has 1 atom stereocenters. The third-order valence-electron chi connectivity index (χ3n) is 4.29. The van der Waals surface area contributed by atoms with Gasteiger partial charge in [-0.1, -0.05) is 0 Å². The second-order valence-corrected chi connectivity index (χ2v) is 6.58. The van der Waals surface area contributed by atoms with Gasteiger partial charge in [-0.2, -0.15) is 0 Å². The van der Waals surface area contributed by atoms with Gasteiger partial charge in [0, 0.05) is 37.4 Å². The highest BCUT2D eigenvalue weighted by atomic mass is 32.1. The largest absolute Gasteiger partial charge is 0.368 e. The van der Waals surface area contributed by atoms with Gasteiger partial charge in [0.15, 0.2) is 0 Å². The molecule has 0 bridgehead atoms. The minimum Gasteiger partial charge on any atom is -0.368 e. The molecule has 2 aromatic heterocycles. The molecule has 0 saturated carbocycles. The monoisotopic (exact) mass is 360 g/mol. The van der Waals surface area contributed by atoms with Crippen LogP contribution in [0.4, 0.5) is 5.95 Å². The summed E-state index contributed by atoms with van der Waals surface area (Å²) in [6.07, 6.45) is 3.93. The van der Waals surface area contributed by atoms with Crippen molar-refractivity contribution >= 4 is 29.1 Å². The molecule has 3 heterocycles. The number of thiazole rings is 1. The Morgan fingerprint density at radius 3 is 2.76 bits per heavy atom. The van der Waals surface area contributed by atoms with Gasteiger partial charge in [-0.05, 0) is 13.3 Å². The number of nitrogen functional groups attached to an aromatic ring is 1. The molecule has 1 unspecified atom stereocenters. The van der Waals surface area contributed by atoms with Crippen molar-refractivity contribution in [1.29, 1.82) is 0 Å². The Hall–Kier alpha value is -2.55. The summed E-state index contributed by atoms with van der Waals surface area (Å²) < 4.78 is 0. The van der Waals surface area contributed by atoms with Gasteiger partial charge in [-0.25, -0.2) is 15.0 Å². The molecule has 1 saturated heterocycles. The van der Waals surface area contributed by atoms with Crippen LogP contribution in [0.1, 0.15) is 29.4 Å². The molecule has 8 nitrogen and oxygen atoms in total. The van der Waals surface area contributed by atoms with Crippen molar-refractivity contribution in [2.24, 2.45) is 0 Å². The van der Waals surface area contributed by atoms with E-state index in [1.807, 2.05) is 17.2 Å². The van der Waals surface area contributed by atoms with Gasteiger partial charge in [-0.3, -0.25) is 9.59 Å². The number of carbonyl (C=O) groups is 2. The number of nitrogens with zero attached hydrogens (tertiary/aromatic N) is 5. The first-order valence-electron chi connectivity index (χ1n) is 8.11. The Balaban J connectivity index is 1.63. The van der Waals surface area contributed by atoms with E-state index in [9.17, 15) is 9.59 Å². The lowest BCUT2D eigenvalue weighted by Gasteiger charge is -2.28. The van der Waals surface area contributed by atoms with Crippen LogP contribution >= 0.6 is 11.3 Å². The van der Waals surface area contributed by atoms with E-state index in [1.54, 1.807) is 10.4 Å². The summed E-state index contributed by atoms with van der Waals surface area (Å²) in [5.41, 5.74) is 8.38. The molecule has 1 aliphatic heterocycles. The van der Waals surface area contributed by atoms with E-state index in [2.05, 4.69) is 15.0 Å². The zero-order valence-corrected chi connectivity index (χ0v) is 14.8. The average Bonchev–Trinajstić information content (AvgIpc) is 3.28. The van der Waals surface area contributed by atoms with E-state index in [1.165, 1.54) is 23.7 Å². The van der Waals surface area contributed by atoms with Gasteiger partial charge in [0.25, 0.3) is 5.91 Å². The zero-order chi connectivity index (χ0) is 17.8.